The Bertz CT molecular complexity index is 2130. The second-order valence-corrected chi connectivity index (χ2v) is 13.5. The molecule has 2 atom stereocenters. The molecule has 272 valence electrons. The summed E-state index contributed by atoms with van der Waals surface area (Å²) in [5, 5.41) is 91.1. The molecule has 0 fully saturated rings. The summed E-state index contributed by atoms with van der Waals surface area (Å²) in [5.41, 5.74) is 1.27. The van der Waals surface area contributed by atoms with Crippen molar-refractivity contribution >= 4 is 45.4 Å². The number of carboxylic acid groups (broad SMARTS) is 1. The molecule has 4 rings (SSSR count). The van der Waals surface area contributed by atoms with Gasteiger partial charge in [-0.1, -0.05) is 39.8 Å². The van der Waals surface area contributed by atoms with Crippen LogP contribution in [-0.2, 0) is 21.0 Å². The summed E-state index contributed by atoms with van der Waals surface area (Å²) < 4.78 is 0. The fourth-order valence-electron chi connectivity index (χ4n) is 6.65. The quantitative estimate of drug-likeness (QED) is 0.0687. The zero-order chi connectivity index (χ0) is 38.4. The highest BCUT2D eigenvalue weighted by atomic mass is 16.4. The van der Waals surface area contributed by atoms with Crippen molar-refractivity contribution in [2.45, 2.75) is 92.3 Å². The number of ketones is 1. The molecule has 13 nitrogen and oxygen atoms in total. The molecule has 0 saturated carbocycles. The number of aliphatic imine (C=N–C) groups is 1. The van der Waals surface area contributed by atoms with E-state index < -0.39 is 71.5 Å². The van der Waals surface area contributed by atoms with Crippen LogP contribution in [0.2, 0.25) is 0 Å². The highest BCUT2D eigenvalue weighted by Crippen LogP contribution is 2.54. The fourth-order valence-corrected chi connectivity index (χ4v) is 6.65. The molecule has 51 heavy (non-hydrogen) atoms. The highest BCUT2D eigenvalue weighted by molar-refractivity contribution is 6.13. The number of aromatic hydroxyl groups is 6. The van der Waals surface area contributed by atoms with Gasteiger partial charge in [-0.25, -0.2) is 0 Å². The van der Waals surface area contributed by atoms with Gasteiger partial charge in [-0.3, -0.25) is 19.4 Å². The van der Waals surface area contributed by atoms with Crippen molar-refractivity contribution < 1.29 is 55.2 Å². The van der Waals surface area contributed by atoms with Gasteiger partial charge in [0.15, 0.2) is 28.8 Å². The number of carbonyl (C=O) groups excluding carboxylic acids is 2. The molecule has 0 bridgehead atoms. The maximum Gasteiger partial charge on any atom is 0.306 e. The van der Waals surface area contributed by atoms with Gasteiger partial charge in [0.1, 0.15) is 17.5 Å². The highest BCUT2D eigenvalue weighted by Gasteiger charge is 2.30. The Morgan fingerprint density at radius 2 is 1.22 bits per heavy atom. The molecule has 2 unspecified atom stereocenters. The number of amides is 1. The number of aliphatic carboxylic acids is 1. The maximum absolute atomic E-state index is 13.0. The summed E-state index contributed by atoms with van der Waals surface area (Å²) in [7, 11) is 0. The zero-order valence-electron chi connectivity index (χ0n) is 29.7. The minimum atomic E-state index is -1.57. The molecule has 0 saturated heterocycles. The van der Waals surface area contributed by atoms with Crippen molar-refractivity contribution in [2.24, 2.45) is 4.99 Å². The fraction of sp³-hybridized carbons (Fsp3) is 0.368. The lowest BCUT2D eigenvalue weighted by Crippen LogP contribution is -2.43. The maximum atomic E-state index is 13.0. The third-order valence-electron chi connectivity index (χ3n) is 9.23. The van der Waals surface area contributed by atoms with E-state index in [9.17, 15) is 55.2 Å². The number of aliphatic hydroxyl groups is 1. The lowest BCUT2D eigenvalue weighted by atomic mass is 9.83. The van der Waals surface area contributed by atoms with Gasteiger partial charge in [-0.05, 0) is 61.4 Å². The number of rotatable bonds is 11. The van der Waals surface area contributed by atoms with Gasteiger partial charge < -0.3 is 46.2 Å². The summed E-state index contributed by atoms with van der Waals surface area (Å²) in [6.07, 6.45) is 0.189. The molecule has 4 aromatic rings. The SMILES string of the molecule is CC(=O)C(C)NC(=O)C(CC(=O)O)N=Cc1c(O)c(O)c(C(C)C)c2cc(C)c(-c3c(C)cc4c(C(C)C)c(O)c(O)c(CO)c4c3O)c(O)c12. The van der Waals surface area contributed by atoms with Crippen LogP contribution in [0.1, 0.15) is 93.2 Å². The van der Waals surface area contributed by atoms with Crippen LogP contribution in [0.5, 0.6) is 34.5 Å². The summed E-state index contributed by atoms with van der Waals surface area (Å²) in [6.45, 7) is 12.4. The first-order valence-corrected chi connectivity index (χ1v) is 16.4. The molecule has 0 aliphatic carbocycles. The molecule has 0 spiro atoms. The number of Topliss-reactive ketones (excluding diaryl/α,β-unsaturated/α-hetero) is 1. The molecule has 0 radical (unpaired) electrons. The first-order valence-electron chi connectivity index (χ1n) is 16.4. The number of carboxylic acids is 1. The third-order valence-corrected chi connectivity index (χ3v) is 9.23. The number of phenolic OH excluding ortho intramolecular Hbond substituents is 5. The van der Waals surface area contributed by atoms with Gasteiger partial charge in [-0.15, -0.1) is 0 Å². The zero-order valence-corrected chi connectivity index (χ0v) is 29.7. The van der Waals surface area contributed by atoms with Gasteiger partial charge in [0.25, 0.3) is 0 Å². The Hall–Kier alpha value is -5.56. The molecule has 0 aromatic heterocycles. The number of aliphatic hydroxyl groups excluding tert-OH is 1. The normalized spacial score (nSPS) is 13.1. The van der Waals surface area contributed by atoms with Crippen LogP contribution >= 0.6 is 0 Å². The minimum Gasteiger partial charge on any atom is -0.507 e. The van der Waals surface area contributed by atoms with Crippen LogP contribution in [0, 0.1) is 13.8 Å². The van der Waals surface area contributed by atoms with Crippen molar-refractivity contribution in [1.82, 2.24) is 5.32 Å². The van der Waals surface area contributed by atoms with Crippen molar-refractivity contribution in [3.8, 4) is 45.6 Å². The van der Waals surface area contributed by atoms with Gasteiger partial charge in [0.2, 0.25) is 5.91 Å². The summed E-state index contributed by atoms with van der Waals surface area (Å²) in [4.78, 5) is 40.6. The lowest BCUT2D eigenvalue weighted by molar-refractivity contribution is -0.139. The predicted octanol–water partition coefficient (Wildman–Crippen LogP) is 5.61. The molecule has 9 N–H and O–H groups in total. The standard InChI is InChI=1S/C38H44N2O11/c1-14(2)26-20-9-16(5)28(29-17(6)10-21-27(15(3)4)37(50)33(46)23(13-41)31(21)35(29)48)34(47)30(20)22(32(45)36(26)49)12-39-24(11-25(43)44)38(51)40-18(7)19(8)42/h9-10,12,14-15,18,24,41,45-50H,11,13H2,1-8H3,(H,40,51)(H,43,44). The minimum absolute atomic E-state index is 0.0392. The molecule has 1 amide bonds. The second kappa shape index (κ2) is 14.4. The Morgan fingerprint density at radius 1 is 0.745 bits per heavy atom. The third kappa shape index (κ3) is 6.68. The summed E-state index contributed by atoms with van der Waals surface area (Å²) in [6, 6.07) is 0.791. The van der Waals surface area contributed by atoms with Crippen LogP contribution in [0.25, 0.3) is 32.7 Å². The Morgan fingerprint density at radius 3 is 1.67 bits per heavy atom. The largest absolute Gasteiger partial charge is 0.507 e. The number of phenols is 6. The predicted molar refractivity (Wildman–Crippen MR) is 192 cm³/mol. The van der Waals surface area contributed by atoms with E-state index in [2.05, 4.69) is 10.3 Å². The second-order valence-electron chi connectivity index (χ2n) is 13.5. The van der Waals surface area contributed by atoms with Crippen LogP contribution in [-0.4, -0.2) is 76.8 Å². The van der Waals surface area contributed by atoms with E-state index in [4.69, 9.17) is 0 Å². The van der Waals surface area contributed by atoms with Crippen molar-refractivity contribution in [1.29, 1.82) is 0 Å². The van der Waals surface area contributed by atoms with E-state index in [0.29, 0.717) is 27.5 Å². The van der Waals surface area contributed by atoms with E-state index in [-0.39, 0.29) is 56.2 Å². The van der Waals surface area contributed by atoms with Crippen LogP contribution < -0.4 is 5.32 Å². The van der Waals surface area contributed by atoms with Crippen molar-refractivity contribution in [3.05, 3.63) is 45.5 Å². The molecule has 0 aliphatic rings. The number of fused-ring (bicyclic) bond motifs is 2. The van der Waals surface area contributed by atoms with E-state index in [1.165, 1.54) is 13.8 Å². The van der Waals surface area contributed by atoms with Gasteiger partial charge in [-0.2, -0.15) is 0 Å². The van der Waals surface area contributed by atoms with Gasteiger partial charge in [0.05, 0.1) is 19.1 Å². The Labute approximate surface area is 294 Å². The van der Waals surface area contributed by atoms with Crippen LogP contribution in [0.4, 0.5) is 0 Å². The number of aryl methyl sites for hydroxylation is 2. The summed E-state index contributed by atoms with van der Waals surface area (Å²) in [5.74, 6) is -6.47. The molecule has 4 aromatic carbocycles. The smallest absolute Gasteiger partial charge is 0.306 e. The van der Waals surface area contributed by atoms with Crippen molar-refractivity contribution in [3.63, 3.8) is 0 Å². The lowest BCUT2D eigenvalue weighted by Gasteiger charge is -2.24. The first kappa shape index (κ1) is 38.2. The molecule has 0 heterocycles. The average molecular weight is 705 g/mol. The van der Waals surface area contributed by atoms with Crippen LogP contribution in [0.3, 0.4) is 0 Å². The topological polar surface area (TPSA) is 237 Å². The van der Waals surface area contributed by atoms with Crippen molar-refractivity contribution in [2.75, 3.05) is 0 Å². The monoisotopic (exact) mass is 704 g/mol. The Balaban J connectivity index is 2.14. The molecule has 0 aliphatic heterocycles. The summed E-state index contributed by atoms with van der Waals surface area (Å²) >= 11 is 0. The number of benzene rings is 4. The molecular weight excluding hydrogens is 660 g/mol. The first-order chi connectivity index (χ1) is 23.8. The van der Waals surface area contributed by atoms with Crippen LogP contribution in [0.15, 0.2) is 17.1 Å². The number of hydrogen-bond donors (Lipinski definition) is 9. The van der Waals surface area contributed by atoms with E-state index >= 15 is 0 Å². The average Bonchev–Trinajstić information content (AvgIpc) is 3.02. The number of nitrogens with zero attached hydrogens (tertiary/aromatic N) is 1. The number of hydrogen-bond acceptors (Lipinski definition) is 11. The Kier molecular flexibility index (Phi) is 10.8. The van der Waals surface area contributed by atoms with E-state index in [1.807, 2.05) is 0 Å². The van der Waals surface area contributed by atoms with E-state index in [0.717, 1.165) is 6.21 Å². The van der Waals surface area contributed by atoms with E-state index in [1.54, 1.807) is 53.7 Å². The number of carbonyl (C=O) groups is 3. The molecule has 13 heteroatoms. The van der Waals surface area contributed by atoms with Gasteiger partial charge >= 0.3 is 5.97 Å². The number of nitrogens with one attached hydrogen (secondary N) is 1. The van der Waals surface area contributed by atoms with Gasteiger partial charge in [0, 0.05) is 50.4 Å². The molecular formula is C38H44N2O11.